The standard InChI is InChI=1S/C44H28O/c1-3-14-29(15-4-1)31-18-13-19-32(26-31)42-34-20-7-9-22-36(34)43(37-23-10-8-21-35(37)42)39-27-33(30-16-5-2-6-17-30)28-41-44(39)38-24-11-12-25-40(38)45-41/h1-28H/i1D,2D,7D,8D,9D,10D,20D,21D,22D,23D. The van der Waals surface area contributed by atoms with E-state index in [1.807, 2.05) is 60.7 Å². The molecule has 8 aromatic carbocycles. The molecule has 9 aromatic rings. The highest BCUT2D eigenvalue weighted by Gasteiger charge is 2.21. The SMILES string of the molecule is [2H]c1ccc(-c2cccc(-c3c4c([2H])c([2H])c([2H])c([2H])c4c(-c4cc(-c5ccc([2H])cc5)cc5oc6ccccc6c45)c4c([2H])c([2H])c([2H])c([2H])c34)c2)cc1. The third-order valence-electron chi connectivity index (χ3n) is 8.38. The van der Waals surface area contributed by atoms with Crippen LogP contribution < -0.4 is 0 Å². The van der Waals surface area contributed by atoms with Crippen molar-refractivity contribution in [3.05, 3.63) is 170 Å². The second-order valence-electron chi connectivity index (χ2n) is 10.9. The van der Waals surface area contributed by atoms with E-state index in [2.05, 4.69) is 0 Å². The van der Waals surface area contributed by atoms with Gasteiger partial charge in [-0.15, -0.1) is 0 Å². The Morgan fingerprint density at radius 1 is 0.378 bits per heavy atom. The summed E-state index contributed by atoms with van der Waals surface area (Å²) in [6, 6.07) is 29.7. The van der Waals surface area contributed by atoms with Gasteiger partial charge >= 0.3 is 0 Å². The van der Waals surface area contributed by atoms with Crippen LogP contribution in [0.3, 0.4) is 0 Å². The molecule has 0 bridgehead atoms. The maximum Gasteiger partial charge on any atom is 0.136 e. The molecule has 1 heterocycles. The van der Waals surface area contributed by atoms with Crippen molar-refractivity contribution in [3.8, 4) is 44.5 Å². The number of fused-ring (bicyclic) bond motifs is 5. The first kappa shape index (κ1) is 17.4. The van der Waals surface area contributed by atoms with Gasteiger partial charge in [0.05, 0.1) is 13.7 Å². The fourth-order valence-corrected chi connectivity index (χ4v) is 6.41. The number of hydrogen-bond donors (Lipinski definition) is 0. The molecule has 45 heavy (non-hydrogen) atoms. The van der Waals surface area contributed by atoms with Crippen LogP contribution in [0.5, 0.6) is 0 Å². The Morgan fingerprint density at radius 3 is 1.60 bits per heavy atom. The second-order valence-corrected chi connectivity index (χ2v) is 10.9. The maximum atomic E-state index is 9.50. The molecular weight excluding hydrogens is 544 g/mol. The normalized spacial score (nSPS) is 14.7. The van der Waals surface area contributed by atoms with E-state index in [0.29, 0.717) is 45.3 Å². The molecule has 0 radical (unpaired) electrons. The van der Waals surface area contributed by atoms with Crippen LogP contribution in [0.1, 0.15) is 13.7 Å². The topological polar surface area (TPSA) is 13.1 Å². The van der Waals surface area contributed by atoms with Gasteiger partial charge in [-0.05, 0) is 90.3 Å². The average molecular weight is 583 g/mol. The van der Waals surface area contributed by atoms with Gasteiger partial charge < -0.3 is 4.42 Å². The van der Waals surface area contributed by atoms with Crippen LogP contribution >= 0.6 is 0 Å². The van der Waals surface area contributed by atoms with Crippen LogP contribution in [0, 0.1) is 0 Å². The predicted octanol–water partition coefficient (Wildman–Crippen LogP) is 12.6. The van der Waals surface area contributed by atoms with E-state index in [1.54, 1.807) is 48.5 Å². The van der Waals surface area contributed by atoms with E-state index in [9.17, 15) is 5.48 Å². The average Bonchev–Trinajstić information content (AvgIpc) is 3.58. The molecule has 0 aliphatic rings. The first-order chi connectivity index (χ1) is 26.4. The lowest BCUT2D eigenvalue weighted by Crippen LogP contribution is -1.92. The van der Waals surface area contributed by atoms with Crippen LogP contribution in [0.15, 0.2) is 174 Å². The third-order valence-corrected chi connectivity index (χ3v) is 8.38. The van der Waals surface area contributed by atoms with Gasteiger partial charge in [-0.1, -0.05) is 145 Å². The lowest BCUT2D eigenvalue weighted by molar-refractivity contribution is 0.669. The zero-order valence-electron chi connectivity index (χ0n) is 33.8. The van der Waals surface area contributed by atoms with Gasteiger partial charge in [-0.3, -0.25) is 0 Å². The number of benzene rings is 8. The summed E-state index contributed by atoms with van der Waals surface area (Å²) in [6.45, 7) is 0. The molecule has 1 nitrogen and oxygen atoms in total. The smallest absolute Gasteiger partial charge is 0.136 e. The highest BCUT2D eigenvalue weighted by Crippen LogP contribution is 2.48. The molecule has 210 valence electrons. The highest BCUT2D eigenvalue weighted by atomic mass is 16.3. The van der Waals surface area contributed by atoms with Gasteiger partial charge in [-0.2, -0.15) is 0 Å². The lowest BCUT2D eigenvalue weighted by Gasteiger charge is -2.19. The van der Waals surface area contributed by atoms with Crippen LogP contribution in [0.4, 0.5) is 0 Å². The van der Waals surface area contributed by atoms with Crippen LogP contribution in [0.25, 0.3) is 88.0 Å². The summed E-state index contributed by atoms with van der Waals surface area (Å²) < 4.78 is 95.9. The van der Waals surface area contributed by atoms with Gasteiger partial charge in [0.25, 0.3) is 0 Å². The largest absolute Gasteiger partial charge is 0.456 e. The Hall–Kier alpha value is -5.92. The first-order valence-corrected chi connectivity index (χ1v) is 14.6. The van der Waals surface area contributed by atoms with Crippen LogP contribution in [0.2, 0.25) is 0 Å². The third kappa shape index (κ3) is 4.17. The summed E-state index contributed by atoms with van der Waals surface area (Å²) in [5.74, 6) is 0. The molecule has 0 aliphatic heterocycles. The Balaban J connectivity index is 1.55. The quantitative estimate of drug-likeness (QED) is 0.188. The molecule has 9 rings (SSSR count). The van der Waals surface area contributed by atoms with Gasteiger partial charge in [0, 0.05) is 10.8 Å². The Bertz CT molecular complexity index is 3000. The van der Waals surface area contributed by atoms with E-state index < -0.39 is 24.2 Å². The van der Waals surface area contributed by atoms with Crippen LogP contribution in [-0.4, -0.2) is 0 Å². The molecular formula is C44H28O. The van der Waals surface area contributed by atoms with Crippen molar-refractivity contribution in [2.75, 3.05) is 0 Å². The lowest BCUT2D eigenvalue weighted by atomic mass is 9.83. The van der Waals surface area contributed by atoms with Gasteiger partial charge in [0.1, 0.15) is 11.2 Å². The summed E-state index contributed by atoms with van der Waals surface area (Å²) in [4.78, 5) is 0. The van der Waals surface area contributed by atoms with E-state index >= 15 is 0 Å². The van der Waals surface area contributed by atoms with E-state index in [-0.39, 0.29) is 56.8 Å². The highest BCUT2D eigenvalue weighted by molar-refractivity contribution is 6.26. The molecule has 1 aromatic heterocycles. The zero-order chi connectivity index (χ0) is 38.4. The Morgan fingerprint density at radius 2 is 0.933 bits per heavy atom. The first-order valence-electron chi connectivity index (χ1n) is 19.6. The molecule has 0 fully saturated rings. The maximum absolute atomic E-state index is 9.50. The molecule has 0 spiro atoms. The molecule has 1 heteroatoms. The van der Waals surface area contributed by atoms with Crippen molar-refractivity contribution in [1.29, 1.82) is 0 Å². The van der Waals surface area contributed by atoms with Crippen molar-refractivity contribution < 1.29 is 18.1 Å². The Labute approximate surface area is 275 Å². The van der Waals surface area contributed by atoms with Gasteiger partial charge in [0.15, 0.2) is 0 Å². The second kappa shape index (κ2) is 10.4. The molecule has 0 saturated carbocycles. The number of rotatable bonds is 4. The van der Waals surface area contributed by atoms with Crippen molar-refractivity contribution in [2.45, 2.75) is 0 Å². The van der Waals surface area contributed by atoms with E-state index in [1.165, 1.54) is 0 Å². The summed E-state index contributed by atoms with van der Waals surface area (Å²) in [6.07, 6.45) is 0. The van der Waals surface area contributed by atoms with E-state index in [0.717, 1.165) is 22.1 Å². The van der Waals surface area contributed by atoms with Crippen molar-refractivity contribution >= 4 is 43.5 Å². The molecule has 0 atom stereocenters. The number of hydrogen-bond acceptors (Lipinski definition) is 1. The molecule has 0 unspecified atom stereocenters. The molecule has 0 amide bonds. The molecule has 0 aliphatic carbocycles. The predicted molar refractivity (Wildman–Crippen MR) is 190 cm³/mol. The Kier molecular flexibility index (Phi) is 4.01. The molecule has 0 N–H and O–H groups in total. The monoisotopic (exact) mass is 582 g/mol. The van der Waals surface area contributed by atoms with Gasteiger partial charge in [0.2, 0.25) is 0 Å². The minimum Gasteiger partial charge on any atom is -0.456 e. The van der Waals surface area contributed by atoms with Crippen LogP contribution in [-0.2, 0) is 0 Å². The number of para-hydroxylation sites is 1. The van der Waals surface area contributed by atoms with Crippen molar-refractivity contribution in [3.63, 3.8) is 0 Å². The zero-order valence-corrected chi connectivity index (χ0v) is 23.8. The number of furan rings is 1. The van der Waals surface area contributed by atoms with Crippen molar-refractivity contribution in [2.24, 2.45) is 0 Å². The summed E-state index contributed by atoms with van der Waals surface area (Å²) >= 11 is 0. The fraction of sp³-hybridized carbons (Fsp3) is 0. The van der Waals surface area contributed by atoms with Crippen molar-refractivity contribution in [1.82, 2.24) is 0 Å². The minimum absolute atomic E-state index is 0.104. The van der Waals surface area contributed by atoms with E-state index in [4.69, 9.17) is 12.6 Å². The summed E-state index contributed by atoms with van der Waals surface area (Å²) in [5, 5.41) is 1.77. The summed E-state index contributed by atoms with van der Waals surface area (Å²) in [7, 11) is 0. The fourth-order valence-electron chi connectivity index (χ4n) is 6.41. The van der Waals surface area contributed by atoms with Gasteiger partial charge in [-0.25, -0.2) is 0 Å². The summed E-state index contributed by atoms with van der Waals surface area (Å²) in [5.41, 5.74) is 5.47. The molecule has 0 saturated heterocycles. The minimum atomic E-state index is -0.482.